The molecule has 0 aliphatic heterocycles. The average Bonchev–Trinajstić information content (AvgIpc) is 3.56. The minimum atomic E-state index is 1.13. The summed E-state index contributed by atoms with van der Waals surface area (Å²) in [6.45, 7) is 6.31. The van der Waals surface area contributed by atoms with Crippen molar-refractivity contribution in [1.82, 2.24) is 9.13 Å². The number of benzene rings is 6. The van der Waals surface area contributed by atoms with Gasteiger partial charge >= 0.3 is 0 Å². The Morgan fingerprint density at radius 3 is 1.40 bits per heavy atom. The molecule has 0 spiro atoms. The second kappa shape index (κ2) is 10.0. The van der Waals surface area contributed by atoms with Gasteiger partial charge < -0.3 is 9.13 Å². The largest absolute Gasteiger partial charge is 0.310 e. The number of aromatic nitrogens is 2. The van der Waals surface area contributed by atoms with E-state index in [4.69, 9.17) is 0 Å². The molecular weight excluding hydrogens is 520 g/mol. The first-order valence-electron chi connectivity index (χ1n) is 14.7. The van der Waals surface area contributed by atoms with Crippen LogP contribution in [-0.2, 0) is 0 Å². The van der Waals surface area contributed by atoms with Crippen LogP contribution in [0.15, 0.2) is 152 Å². The van der Waals surface area contributed by atoms with Crippen LogP contribution in [0, 0.1) is 6.92 Å². The minimum absolute atomic E-state index is 1.13. The Hall–Kier alpha value is -5.60. The first kappa shape index (κ1) is 25.1. The summed E-state index contributed by atoms with van der Waals surface area (Å²) in [5.74, 6) is 0. The highest BCUT2D eigenvalue weighted by Gasteiger charge is 2.15. The Morgan fingerprint density at radius 2 is 0.860 bits per heavy atom. The second-order valence-electron chi connectivity index (χ2n) is 11.1. The summed E-state index contributed by atoms with van der Waals surface area (Å²) in [4.78, 5) is 0. The van der Waals surface area contributed by atoms with E-state index in [9.17, 15) is 0 Å². The fourth-order valence-electron chi connectivity index (χ4n) is 6.67. The van der Waals surface area contributed by atoms with Gasteiger partial charge in [0.05, 0.1) is 16.6 Å². The smallest absolute Gasteiger partial charge is 0.0541 e. The topological polar surface area (TPSA) is 9.86 Å². The van der Waals surface area contributed by atoms with Crippen LogP contribution in [-0.4, -0.2) is 9.13 Å². The number of hydrogen-bond acceptors (Lipinski definition) is 0. The minimum Gasteiger partial charge on any atom is -0.310 e. The Labute approximate surface area is 251 Å². The summed E-state index contributed by atoms with van der Waals surface area (Å²) < 4.78 is 4.70. The number of para-hydroxylation sites is 3. The van der Waals surface area contributed by atoms with Gasteiger partial charge in [0.25, 0.3) is 0 Å². The quantitative estimate of drug-likeness (QED) is 0.202. The molecule has 0 unspecified atom stereocenters. The van der Waals surface area contributed by atoms with Crippen molar-refractivity contribution in [2.45, 2.75) is 6.92 Å². The van der Waals surface area contributed by atoms with Gasteiger partial charge in [-0.1, -0.05) is 104 Å². The van der Waals surface area contributed by atoms with Crippen LogP contribution < -0.4 is 0 Å². The maximum absolute atomic E-state index is 4.14. The van der Waals surface area contributed by atoms with Gasteiger partial charge in [-0.05, 0) is 89.3 Å². The fourth-order valence-corrected chi connectivity index (χ4v) is 6.67. The third-order valence-corrected chi connectivity index (χ3v) is 8.69. The second-order valence-corrected chi connectivity index (χ2v) is 11.1. The molecule has 0 atom stereocenters. The molecule has 2 nitrogen and oxygen atoms in total. The zero-order valence-corrected chi connectivity index (χ0v) is 24.0. The lowest BCUT2D eigenvalue weighted by Crippen LogP contribution is -1.97. The third-order valence-electron chi connectivity index (χ3n) is 8.69. The molecule has 204 valence electrons. The van der Waals surface area contributed by atoms with Gasteiger partial charge in [-0.2, -0.15) is 0 Å². The number of hydrogen-bond donors (Lipinski definition) is 0. The summed E-state index contributed by atoms with van der Waals surface area (Å²) in [5.41, 5.74) is 13.1. The monoisotopic (exact) mass is 550 g/mol. The van der Waals surface area contributed by atoms with Crippen LogP contribution in [0.4, 0.5) is 0 Å². The molecule has 0 N–H and O–H groups in total. The molecule has 8 rings (SSSR count). The Kier molecular flexibility index (Phi) is 5.87. The highest BCUT2D eigenvalue weighted by molar-refractivity contribution is 6.09. The van der Waals surface area contributed by atoms with Crippen molar-refractivity contribution in [3.05, 3.63) is 163 Å². The Morgan fingerprint density at radius 1 is 0.442 bits per heavy atom. The van der Waals surface area contributed by atoms with Crippen molar-refractivity contribution in [2.75, 3.05) is 0 Å². The molecule has 43 heavy (non-hydrogen) atoms. The van der Waals surface area contributed by atoms with Crippen LogP contribution in [0.2, 0.25) is 0 Å². The summed E-state index contributed by atoms with van der Waals surface area (Å²) in [7, 11) is 0. The third kappa shape index (κ3) is 4.03. The highest BCUT2D eigenvalue weighted by atomic mass is 15.0. The zero-order chi connectivity index (χ0) is 28.9. The number of rotatable bonds is 5. The number of fused-ring (bicyclic) bond motifs is 4. The Bertz CT molecular complexity index is 2280. The van der Waals surface area contributed by atoms with Crippen molar-refractivity contribution < 1.29 is 0 Å². The normalized spacial score (nSPS) is 11.5. The maximum Gasteiger partial charge on any atom is 0.0541 e. The van der Waals surface area contributed by atoms with Gasteiger partial charge in [-0.3, -0.25) is 0 Å². The predicted octanol–water partition coefficient (Wildman–Crippen LogP) is 11.0. The fraction of sp³-hybridized carbons (Fsp3) is 0.0244. The number of aryl methyl sites for hydroxylation is 1. The maximum atomic E-state index is 4.14. The molecule has 2 heteroatoms. The first-order chi connectivity index (χ1) is 21.2. The van der Waals surface area contributed by atoms with Gasteiger partial charge in [-0.15, -0.1) is 0 Å². The zero-order valence-electron chi connectivity index (χ0n) is 24.0. The lowest BCUT2D eigenvalue weighted by molar-refractivity contribution is 1.10. The Balaban J connectivity index is 1.22. The predicted molar refractivity (Wildman–Crippen MR) is 183 cm³/mol. The molecule has 0 fully saturated rings. The highest BCUT2D eigenvalue weighted by Crippen LogP contribution is 2.35. The molecule has 2 aromatic heterocycles. The van der Waals surface area contributed by atoms with Gasteiger partial charge in [0.15, 0.2) is 0 Å². The molecule has 0 bridgehead atoms. The summed E-state index contributed by atoms with van der Waals surface area (Å²) in [6.07, 6.45) is 1.97. The molecular formula is C41H30N2. The van der Waals surface area contributed by atoms with E-state index >= 15 is 0 Å². The molecule has 0 aliphatic rings. The standard InChI is InChI=1S/C41H30N2/c1-3-38-28(2)35-19-4-7-22-39(35)42(38)33-17-11-15-31(26-33)29-13-10-14-30(25-29)32-16-12-18-34(27-32)43-40-23-8-5-20-36(40)37-21-6-9-24-41(37)43/h3-27H,1H2,2H3. The van der Waals surface area contributed by atoms with Crippen LogP contribution in [0.25, 0.3) is 72.4 Å². The molecule has 2 heterocycles. The average molecular weight is 551 g/mol. The molecule has 8 aromatic rings. The van der Waals surface area contributed by atoms with Gasteiger partial charge in [-0.25, -0.2) is 0 Å². The van der Waals surface area contributed by atoms with E-state index in [0.717, 1.165) is 17.1 Å². The van der Waals surface area contributed by atoms with Crippen LogP contribution in [0.5, 0.6) is 0 Å². The van der Waals surface area contributed by atoms with E-state index in [1.165, 1.54) is 60.5 Å². The summed E-state index contributed by atoms with van der Waals surface area (Å²) >= 11 is 0. The van der Waals surface area contributed by atoms with Crippen molar-refractivity contribution in [1.29, 1.82) is 0 Å². The van der Waals surface area contributed by atoms with Gasteiger partial charge in [0, 0.05) is 33.2 Å². The SMILES string of the molecule is C=Cc1c(C)c2ccccc2n1-c1cccc(-c2cccc(-c3cccc(-n4c5ccccc5c5ccccc54)c3)c2)c1. The summed E-state index contributed by atoms with van der Waals surface area (Å²) in [5, 5.41) is 3.80. The molecule has 0 aliphatic carbocycles. The van der Waals surface area contributed by atoms with Crippen LogP contribution >= 0.6 is 0 Å². The van der Waals surface area contributed by atoms with Crippen LogP contribution in [0.3, 0.4) is 0 Å². The number of nitrogens with zero attached hydrogens (tertiary/aromatic N) is 2. The molecule has 6 aromatic carbocycles. The van der Waals surface area contributed by atoms with E-state index in [1.807, 2.05) is 6.08 Å². The van der Waals surface area contributed by atoms with E-state index in [1.54, 1.807) is 0 Å². The van der Waals surface area contributed by atoms with Crippen molar-refractivity contribution in [2.24, 2.45) is 0 Å². The first-order valence-corrected chi connectivity index (χ1v) is 14.7. The molecule has 0 amide bonds. The van der Waals surface area contributed by atoms with E-state index < -0.39 is 0 Å². The van der Waals surface area contributed by atoms with E-state index in [-0.39, 0.29) is 0 Å². The lowest BCUT2D eigenvalue weighted by Gasteiger charge is -2.13. The van der Waals surface area contributed by atoms with Crippen LogP contribution in [0.1, 0.15) is 11.3 Å². The molecule has 0 radical (unpaired) electrons. The van der Waals surface area contributed by atoms with Gasteiger partial charge in [0.1, 0.15) is 0 Å². The lowest BCUT2D eigenvalue weighted by atomic mass is 9.98. The summed E-state index contributed by atoms with van der Waals surface area (Å²) in [6, 6.07) is 52.5. The van der Waals surface area contributed by atoms with Gasteiger partial charge in [0.2, 0.25) is 0 Å². The molecule has 0 saturated carbocycles. The van der Waals surface area contributed by atoms with Crippen molar-refractivity contribution >= 4 is 38.8 Å². The van der Waals surface area contributed by atoms with E-state index in [2.05, 4.69) is 168 Å². The molecule has 0 saturated heterocycles. The van der Waals surface area contributed by atoms with Crippen molar-refractivity contribution in [3.63, 3.8) is 0 Å². The van der Waals surface area contributed by atoms with E-state index in [0.29, 0.717) is 0 Å². The van der Waals surface area contributed by atoms with Crippen molar-refractivity contribution in [3.8, 4) is 33.6 Å².